The molecule has 0 N–H and O–H groups in total. The van der Waals surface area contributed by atoms with Gasteiger partial charge in [0.2, 0.25) is 0 Å². The minimum Gasteiger partial charge on any atom is -0.493 e. The van der Waals surface area contributed by atoms with Crippen molar-refractivity contribution in [3.63, 3.8) is 0 Å². The summed E-state index contributed by atoms with van der Waals surface area (Å²) in [5.41, 5.74) is 0. The number of thioether (sulfide) groups is 1. The van der Waals surface area contributed by atoms with Crippen LogP contribution in [0.3, 0.4) is 0 Å². The molecule has 0 radical (unpaired) electrons. The Bertz CT molecular complexity index is 436. The summed E-state index contributed by atoms with van der Waals surface area (Å²) in [4.78, 5) is 4.08. The van der Waals surface area contributed by atoms with Gasteiger partial charge in [0.05, 0.1) is 6.61 Å². The number of hydrogen-bond donors (Lipinski definition) is 0. The zero-order valence-corrected chi connectivity index (χ0v) is 11.5. The van der Waals surface area contributed by atoms with E-state index in [0.29, 0.717) is 6.61 Å². The molecule has 1 heterocycles. The molecule has 2 rings (SSSR count). The van der Waals surface area contributed by atoms with Crippen molar-refractivity contribution in [3.05, 3.63) is 35.1 Å². The summed E-state index contributed by atoms with van der Waals surface area (Å²) in [7, 11) is 0. The van der Waals surface area contributed by atoms with Crippen molar-refractivity contribution in [2.24, 2.45) is 0 Å². The maximum Gasteiger partial charge on any atom is 0.169 e. The normalized spacial score (nSPS) is 10.3. The quantitative estimate of drug-likeness (QED) is 0.625. The van der Waals surface area contributed by atoms with E-state index in [4.69, 9.17) is 4.74 Å². The lowest BCUT2D eigenvalue weighted by Crippen LogP contribution is -1.99. The molecular formula is C10H9BrN2OS2. The van der Waals surface area contributed by atoms with Crippen LogP contribution in [0.4, 0.5) is 0 Å². The van der Waals surface area contributed by atoms with Crippen LogP contribution in [0.1, 0.15) is 0 Å². The predicted molar refractivity (Wildman–Crippen MR) is 70.3 cm³/mol. The largest absolute Gasteiger partial charge is 0.493 e. The Kier molecular flexibility index (Phi) is 4.62. The van der Waals surface area contributed by atoms with Gasteiger partial charge in [-0.2, -0.15) is 4.37 Å². The maximum absolute atomic E-state index is 5.59. The lowest BCUT2D eigenvalue weighted by molar-refractivity contribution is 0.344. The first-order chi connectivity index (χ1) is 7.84. The maximum atomic E-state index is 5.59. The standard InChI is InChI=1S/C10H9BrN2OS2/c11-8-2-1-3-9(6-8)14-4-5-15-10-12-7-13-16-10/h1-3,6-7H,4-5H2. The molecule has 6 heteroatoms. The van der Waals surface area contributed by atoms with Gasteiger partial charge < -0.3 is 4.74 Å². The number of hydrogen-bond acceptors (Lipinski definition) is 5. The third kappa shape index (κ3) is 3.77. The summed E-state index contributed by atoms with van der Waals surface area (Å²) in [5, 5.41) is 0. The molecule has 0 saturated heterocycles. The van der Waals surface area contributed by atoms with Crippen LogP contribution in [0.25, 0.3) is 0 Å². The Labute approximate surface area is 111 Å². The summed E-state index contributed by atoms with van der Waals surface area (Å²) in [6.07, 6.45) is 1.57. The van der Waals surface area contributed by atoms with Crippen molar-refractivity contribution in [1.82, 2.24) is 9.36 Å². The molecule has 84 valence electrons. The third-order valence-corrected chi connectivity index (χ3v) is 3.97. The summed E-state index contributed by atoms with van der Waals surface area (Å²) in [6.45, 7) is 0.667. The van der Waals surface area contributed by atoms with Crippen LogP contribution in [0.5, 0.6) is 5.75 Å². The lowest BCUT2D eigenvalue weighted by atomic mass is 10.3. The molecule has 0 aliphatic carbocycles. The van der Waals surface area contributed by atoms with E-state index in [9.17, 15) is 0 Å². The van der Waals surface area contributed by atoms with E-state index in [0.717, 1.165) is 20.3 Å². The van der Waals surface area contributed by atoms with E-state index >= 15 is 0 Å². The molecule has 3 nitrogen and oxygen atoms in total. The van der Waals surface area contributed by atoms with E-state index in [-0.39, 0.29) is 0 Å². The lowest BCUT2D eigenvalue weighted by Gasteiger charge is -2.04. The van der Waals surface area contributed by atoms with Crippen molar-refractivity contribution in [2.45, 2.75) is 4.34 Å². The van der Waals surface area contributed by atoms with Crippen LogP contribution in [0.15, 0.2) is 39.4 Å². The Morgan fingerprint density at radius 2 is 2.38 bits per heavy atom. The highest BCUT2D eigenvalue weighted by Gasteiger charge is 1.98. The van der Waals surface area contributed by atoms with Crippen molar-refractivity contribution in [1.29, 1.82) is 0 Å². The number of nitrogens with zero attached hydrogens (tertiary/aromatic N) is 2. The first-order valence-electron chi connectivity index (χ1n) is 4.62. The SMILES string of the molecule is Brc1cccc(OCCSc2ncns2)c1. The molecule has 0 bridgehead atoms. The fourth-order valence-corrected chi connectivity index (χ4v) is 2.78. The van der Waals surface area contributed by atoms with Crippen LogP contribution in [0, 0.1) is 0 Å². The van der Waals surface area contributed by atoms with Crippen molar-refractivity contribution >= 4 is 39.2 Å². The summed E-state index contributed by atoms with van der Waals surface area (Å²) >= 11 is 6.47. The average Bonchev–Trinajstić information content (AvgIpc) is 2.77. The highest BCUT2D eigenvalue weighted by atomic mass is 79.9. The van der Waals surface area contributed by atoms with E-state index < -0.39 is 0 Å². The Morgan fingerprint density at radius 3 is 3.12 bits per heavy atom. The summed E-state index contributed by atoms with van der Waals surface area (Å²) < 4.78 is 11.5. The van der Waals surface area contributed by atoms with Crippen LogP contribution in [-0.2, 0) is 0 Å². The molecule has 2 aromatic rings. The van der Waals surface area contributed by atoms with Gasteiger partial charge in [-0.25, -0.2) is 4.98 Å². The van der Waals surface area contributed by atoms with Gasteiger partial charge in [-0.05, 0) is 29.7 Å². The molecule has 0 atom stereocenters. The molecule has 0 aliphatic heterocycles. The zero-order chi connectivity index (χ0) is 11.2. The van der Waals surface area contributed by atoms with E-state index in [2.05, 4.69) is 25.3 Å². The minimum atomic E-state index is 0.667. The Balaban J connectivity index is 1.72. The smallest absolute Gasteiger partial charge is 0.169 e. The van der Waals surface area contributed by atoms with Crippen LogP contribution < -0.4 is 4.74 Å². The van der Waals surface area contributed by atoms with Crippen molar-refractivity contribution in [3.8, 4) is 5.75 Å². The number of rotatable bonds is 5. The van der Waals surface area contributed by atoms with E-state index in [1.54, 1.807) is 18.1 Å². The second kappa shape index (κ2) is 6.22. The highest BCUT2D eigenvalue weighted by Crippen LogP contribution is 2.20. The van der Waals surface area contributed by atoms with Crippen LogP contribution in [-0.4, -0.2) is 21.7 Å². The summed E-state index contributed by atoms with van der Waals surface area (Å²) in [5.74, 6) is 1.76. The first-order valence-corrected chi connectivity index (χ1v) is 7.17. The molecular weight excluding hydrogens is 308 g/mol. The topological polar surface area (TPSA) is 35.0 Å². The van der Waals surface area contributed by atoms with Crippen molar-refractivity contribution in [2.75, 3.05) is 12.4 Å². The monoisotopic (exact) mass is 316 g/mol. The Morgan fingerprint density at radius 1 is 1.44 bits per heavy atom. The van der Waals surface area contributed by atoms with Crippen molar-refractivity contribution < 1.29 is 4.74 Å². The van der Waals surface area contributed by atoms with Gasteiger partial charge in [-0.3, -0.25) is 0 Å². The molecule has 0 fully saturated rings. The highest BCUT2D eigenvalue weighted by molar-refractivity contribution is 9.10. The van der Waals surface area contributed by atoms with Gasteiger partial charge in [-0.1, -0.05) is 33.8 Å². The molecule has 0 aliphatic rings. The van der Waals surface area contributed by atoms with Crippen LogP contribution in [0.2, 0.25) is 0 Å². The fraction of sp³-hybridized carbons (Fsp3) is 0.200. The summed E-state index contributed by atoms with van der Waals surface area (Å²) in [6, 6.07) is 7.83. The first kappa shape index (κ1) is 11.9. The number of benzene rings is 1. The molecule has 0 spiro atoms. The third-order valence-electron chi connectivity index (χ3n) is 1.71. The molecule has 0 saturated carbocycles. The van der Waals surface area contributed by atoms with Gasteiger partial charge in [0.15, 0.2) is 4.34 Å². The number of halogens is 1. The number of ether oxygens (including phenoxy) is 1. The average molecular weight is 317 g/mol. The van der Waals surface area contributed by atoms with E-state index in [1.165, 1.54) is 11.5 Å². The predicted octanol–water partition coefficient (Wildman–Crippen LogP) is 3.47. The molecule has 1 aromatic heterocycles. The molecule has 16 heavy (non-hydrogen) atoms. The Hall–Kier alpha value is -0.590. The molecule has 0 unspecified atom stereocenters. The zero-order valence-electron chi connectivity index (χ0n) is 8.30. The van der Waals surface area contributed by atoms with Gasteiger partial charge in [0.1, 0.15) is 12.1 Å². The molecule has 0 amide bonds. The van der Waals surface area contributed by atoms with Crippen LogP contribution >= 0.6 is 39.2 Å². The second-order valence-electron chi connectivity index (χ2n) is 2.86. The van der Waals surface area contributed by atoms with E-state index in [1.807, 2.05) is 24.3 Å². The second-order valence-corrected chi connectivity index (χ2v) is 5.90. The van der Waals surface area contributed by atoms with Gasteiger partial charge >= 0.3 is 0 Å². The molecule has 1 aromatic carbocycles. The fourth-order valence-electron chi connectivity index (χ4n) is 1.07. The van der Waals surface area contributed by atoms with Gasteiger partial charge in [0.25, 0.3) is 0 Å². The van der Waals surface area contributed by atoms with Gasteiger partial charge in [-0.15, -0.1) is 0 Å². The van der Waals surface area contributed by atoms with Gasteiger partial charge in [0, 0.05) is 10.2 Å². The number of aromatic nitrogens is 2. The minimum absolute atomic E-state index is 0.667.